The molecule has 0 unspecified atom stereocenters. The van der Waals surface area contributed by atoms with Gasteiger partial charge in [-0.3, -0.25) is 0 Å². The fraction of sp³-hybridized carbons (Fsp3) is 0.500. The number of methoxy groups -OCH3 is 1. The molecule has 1 fully saturated rings. The largest absolute Gasteiger partial charge is 0.447 e. The molecule has 1 aromatic rings. The van der Waals surface area contributed by atoms with Crippen LogP contribution in [0.5, 0.6) is 5.75 Å². The van der Waals surface area contributed by atoms with Crippen LogP contribution in [0.15, 0.2) is 30.3 Å². The second kappa shape index (κ2) is 7.15. The SMILES string of the molecule is CO[C@H]1O[C@@H](C)[C@H](O)[C@@H](OC(=S)Oc2ccccc2)[C@H]1O. The first-order valence-corrected chi connectivity index (χ1v) is 6.91. The molecule has 1 heterocycles. The molecular formula is C14H18O6S. The number of thiocarbonyl (C=S) groups is 1. The zero-order valence-electron chi connectivity index (χ0n) is 11.7. The molecule has 116 valence electrons. The standard InChI is InChI=1S/C14H18O6S/c1-8-10(15)12(11(16)13(17-2)18-8)20-14(21)19-9-6-4-3-5-7-9/h3-8,10-13,15-16H,1-2H3/t8-,10-,11+,12+,13-/m0/s1. The van der Waals surface area contributed by atoms with Crippen LogP contribution >= 0.6 is 12.2 Å². The lowest BCUT2D eigenvalue weighted by Gasteiger charge is -2.40. The summed E-state index contributed by atoms with van der Waals surface area (Å²) >= 11 is 4.99. The maximum atomic E-state index is 10.1. The van der Waals surface area contributed by atoms with Crippen molar-refractivity contribution in [1.29, 1.82) is 0 Å². The highest BCUT2D eigenvalue weighted by Crippen LogP contribution is 2.24. The Hall–Kier alpha value is -1.25. The molecule has 0 aliphatic carbocycles. The third-order valence-electron chi connectivity index (χ3n) is 3.19. The van der Waals surface area contributed by atoms with Gasteiger partial charge in [-0.2, -0.15) is 0 Å². The molecule has 1 saturated heterocycles. The van der Waals surface area contributed by atoms with Crippen LogP contribution in [0.4, 0.5) is 0 Å². The van der Waals surface area contributed by atoms with E-state index in [4.69, 9.17) is 31.2 Å². The summed E-state index contributed by atoms with van der Waals surface area (Å²) in [6.07, 6.45) is -4.69. The molecule has 0 aromatic heterocycles. The zero-order chi connectivity index (χ0) is 15.4. The van der Waals surface area contributed by atoms with Gasteiger partial charge in [-0.1, -0.05) is 18.2 Å². The van der Waals surface area contributed by atoms with E-state index in [2.05, 4.69) is 0 Å². The smallest absolute Gasteiger partial charge is 0.358 e. The van der Waals surface area contributed by atoms with E-state index in [9.17, 15) is 10.2 Å². The van der Waals surface area contributed by atoms with E-state index in [-0.39, 0.29) is 5.24 Å². The number of aliphatic hydroxyl groups is 2. The molecule has 5 atom stereocenters. The lowest BCUT2D eigenvalue weighted by molar-refractivity contribution is -0.284. The van der Waals surface area contributed by atoms with Gasteiger partial charge in [0, 0.05) is 19.3 Å². The molecule has 0 spiro atoms. The van der Waals surface area contributed by atoms with Crippen molar-refractivity contribution in [3.63, 3.8) is 0 Å². The molecule has 1 aromatic carbocycles. The number of hydrogen-bond acceptors (Lipinski definition) is 7. The van der Waals surface area contributed by atoms with Gasteiger partial charge in [0.2, 0.25) is 0 Å². The molecule has 0 amide bonds. The Balaban J connectivity index is 2.00. The fourth-order valence-electron chi connectivity index (χ4n) is 2.05. The molecule has 0 bridgehead atoms. The molecule has 21 heavy (non-hydrogen) atoms. The topological polar surface area (TPSA) is 77.4 Å². The average molecular weight is 314 g/mol. The second-order valence-corrected chi connectivity index (χ2v) is 5.01. The van der Waals surface area contributed by atoms with E-state index in [1.807, 2.05) is 6.07 Å². The van der Waals surface area contributed by atoms with Gasteiger partial charge in [0.15, 0.2) is 12.4 Å². The van der Waals surface area contributed by atoms with Crippen LogP contribution in [-0.4, -0.2) is 53.3 Å². The van der Waals surface area contributed by atoms with Crippen molar-refractivity contribution in [3.05, 3.63) is 30.3 Å². The van der Waals surface area contributed by atoms with E-state index in [0.717, 1.165) is 0 Å². The first kappa shape index (κ1) is 16.1. The zero-order valence-corrected chi connectivity index (χ0v) is 12.5. The van der Waals surface area contributed by atoms with Gasteiger partial charge >= 0.3 is 5.24 Å². The van der Waals surface area contributed by atoms with Crippen molar-refractivity contribution in [1.82, 2.24) is 0 Å². The van der Waals surface area contributed by atoms with Crippen molar-refractivity contribution >= 4 is 17.5 Å². The first-order valence-electron chi connectivity index (χ1n) is 6.51. The van der Waals surface area contributed by atoms with Gasteiger partial charge in [0.1, 0.15) is 18.0 Å². The number of hydrogen-bond donors (Lipinski definition) is 2. The predicted octanol–water partition coefficient (Wildman–Crippen LogP) is 0.849. The minimum Gasteiger partial charge on any atom is -0.447 e. The summed E-state index contributed by atoms with van der Waals surface area (Å²) in [4.78, 5) is 0. The number of rotatable bonds is 3. The maximum absolute atomic E-state index is 10.1. The highest BCUT2D eigenvalue weighted by Gasteiger charge is 2.45. The van der Waals surface area contributed by atoms with Gasteiger partial charge in [-0.25, -0.2) is 0 Å². The Morgan fingerprint density at radius 2 is 1.86 bits per heavy atom. The van der Waals surface area contributed by atoms with Crippen LogP contribution in [0.1, 0.15) is 6.92 Å². The van der Waals surface area contributed by atoms with Crippen LogP contribution in [0.3, 0.4) is 0 Å². The van der Waals surface area contributed by atoms with E-state index in [1.54, 1.807) is 31.2 Å². The Bertz CT molecular complexity index is 468. The van der Waals surface area contributed by atoms with Crippen LogP contribution in [0.2, 0.25) is 0 Å². The number of aliphatic hydroxyl groups excluding tert-OH is 2. The van der Waals surface area contributed by atoms with Crippen molar-refractivity contribution < 1.29 is 29.2 Å². The lowest BCUT2D eigenvalue weighted by Crippen LogP contribution is -2.58. The van der Waals surface area contributed by atoms with E-state index in [0.29, 0.717) is 5.75 Å². The van der Waals surface area contributed by atoms with Gasteiger partial charge in [0.25, 0.3) is 0 Å². The molecule has 7 heteroatoms. The van der Waals surface area contributed by atoms with E-state index in [1.165, 1.54) is 7.11 Å². The monoisotopic (exact) mass is 314 g/mol. The predicted molar refractivity (Wildman–Crippen MR) is 77.9 cm³/mol. The summed E-state index contributed by atoms with van der Waals surface area (Å²) in [6.45, 7) is 1.65. The second-order valence-electron chi connectivity index (χ2n) is 4.67. The van der Waals surface area contributed by atoms with Crippen molar-refractivity contribution in [2.45, 2.75) is 37.6 Å². The Morgan fingerprint density at radius 1 is 1.19 bits per heavy atom. The highest BCUT2D eigenvalue weighted by atomic mass is 32.1. The fourth-order valence-corrected chi connectivity index (χ4v) is 2.26. The van der Waals surface area contributed by atoms with Gasteiger partial charge < -0.3 is 29.2 Å². The quantitative estimate of drug-likeness (QED) is 0.801. The summed E-state index contributed by atoms with van der Waals surface area (Å²) in [6, 6.07) is 8.85. The minimum absolute atomic E-state index is 0.187. The van der Waals surface area contributed by atoms with Crippen molar-refractivity contribution in [3.8, 4) is 5.75 Å². The van der Waals surface area contributed by atoms with Crippen LogP contribution in [-0.2, 0) is 14.2 Å². The van der Waals surface area contributed by atoms with Crippen LogP contribution in [0, 0.1) is 0 Å². The molecular weight excluding hydrogens is 296 g/mol. The first-order chi connectivity index (χ1) is 10.0. The third-order valence-corrected chi connectivity index (χ3v) is 3.37. The normalized spacial score (nSPS) is 32.5. The van der Waals surface area contributed by atoms with Gasteiger partial charge in [0.05, 0.1) is 6.10 Å². The number of ether oxygens (including phenoxy) is 4. The molecule has 0 radical (unpaired) electrons. The Morgan fingerprint density at radius 3 is 2.48 bits per heavy atom. The maximum Gasteiger partial charge on any atom is 0.358 e. The average Bonchev–Trinajstić information content (AvgIpc) is 2.48. The van der Waals surface area contributed by atoms with Crippen molar-refractivity contribution in [2.24, 2.45) is 0 Å². The lowest BCUT2D eigenvalue weighted by atomic mass is 10.00. The van der Waals surface area contributed by atoms with Crippen molar-refractivity contribution in [2.75, 3.05) is 7.11 Å². The summed E-state index contributed by atoms with van der Waals surface area (Å²) in [5.41, 5.74) is 0. The van der Waals surface area contributed by atoms with E-state index >= 15 is 0 Å². The molecule has 2 rings (SSSR count). The molecule has 6 nitrogen and oxygen atoms in total. The van der Waals surface area contributed by atoms with E-state index < -0.39 is 30.7 Å². The highest BCUT2D eigenvalue weighted by molar-refractivity contribution is 7.79. The summed E-state index contributed by atoms with van der Waals surface area (Å²) in [7, 11) is 1.40. The number of para-hydroxylation sites is 1. The Kier molecular flexibility index (Phi) is 5.49. The molecule has 1 aliphatic heterocycles. The van der Waals surface area contributed by atoms with Gasteiger partial charge in [-0.05, 0) is 19.1 Å². The Labute approximate surface area is 128 Å². The minimum atomic E-state index is -1.18. The summed E-state index contributed by atoms with van der Waals surface area (Å²) in [5, 5.41) is 20.0. The van der Waals surface area contributed by atoms with Crippen LogP contribution < -0.4 is 4.74 Å². The van der Waals surface area contributed by atoms with Crippen LogP contribution in [0.25, 0.3) is 0 Å². The molecule has 0 saturated carbocycles. The van der Waals surface area contributed by atoms with Gasteiger partial charge in [-0.15, -0.1) is 0 Å². The third kappa shape index (κ3) is 3.90. The molecule has 2 N–H and O–H groups in total. The summed E-state index contributed by atoms with van der Waals surface area (Å²) in [5.74, 6) is 0.509. The summed E-state index contributed by atoms with van der Waals surface area (Å²) < 4.78 is 21.0. The molecule has 1 aliphatic rings. The number of benzene rings is 1.